The number of carboxylic acid groups (broad SMARTS) is 1. The topological polar surface area (TPSA) is 71.9 Å². The van der Waals surface area contributed by atoms with Crippen molar-refractivity contribution in [1.82, 2.24) is 9.13 Å². The van der Waals surface area contributed by atoms with Gasteiger partial charge in [-0.25, -0.2) is 4.79 Å². The molecule has 3 rings (SSSR count). The Labute approximate surface area is 298 Å². The third kappa shape index (κ3) is 22.8. The van der Waals surface area contributed by atoms with E-state index in [1.165, 1.54) is 128 Å². The Bertz CT molecular complexity index is 1230. The molecule has 1 N–H and O–H groups in total. The molecular weight excluding hydrogens is 604 g/mol. The van der Waals surface area contributed by atoms with Crippen LogP contribution in [-0.4, -0.2) is 33.3 Å². The molecule has 0 aliphatic rings. The average molecular weight is 673 g/mol. The van der Waals surface area contributed by atoms with Gasteiger partial charge in [0.1, 0.15) is 0 Å². The van der Waals surface area contributed by atoms with Gasteiger partial charge in [-0.3, -0.25) is 9.98 Å². The number of unbranched alkanes of at least 4 members (excludes halogenated alkanes) is 17. The van der Waals surface area contributed by atoms with Gasteiger partial charge in [-0.1, -0.05) is 135 Å². The average Bonchev–Trinajstić information content (AvgIpc) is 3.13. The maximum atomic E-state index is 10.2. The van der Waals surface area contributed by atoms with Crippen LogP contribution in [0.25, 0.3) is 0 Å². The van der Waals surface area contributed by atoms with Crippen LogP contribution in [0.15, 0.2) is 89.4 Å². The van der Waals surface area contributed by atoms with Crippen molar-refractivity contribution in [1.29, 1.82) is 0 Å². The lowest BCUT2D eigenvalue weighted by molar-refractivity contribution is 0.0697. The molecule has 0 fully saturated rings. The highest BCUT2D eigenvalue weighted by molar-refractivity contribution is 5.87. The highest BCUT2D eigenvalue weighted by Crippen LogP contribution is 2.10. The Morgan fingerprint density at radius 1 is 0.490 bits per heavy atom. The summed E-state index contributed by atoms with van der Waals surface area (Å²) >= 11 is 0. The summed E-state index contributed by atoms with van der Waals surface area (Å²) in [7, 11) is 0. The molecule has 0 amide bonds. The number of hydrogen-bond donors (Lipinski definition) is 1. The SMILES string of the molecule is CCCCCCCCN=c1ccn(CCCCCCCCCCn2ccc(=NCCCCCCCC)cc2)cc1.O=C(O)c1ccccc1. The standard InChI is InChI=1S/C36H62N4.C7H6O2/c1-3-5-7-9-15-19-27-37-35-23-31-39(32-24-35)29-21-17-13-11-12-14-18-22-30-40-33-25-36(26-34-40)38-28-20-16-10-8-6-4-2;8-7(9)6-4-2-1-3-5-6/h23-26,31-34H,3-22,27-30H2,1-2H3;1-5H,(H,8,9). The predicted molar refractivity (Wildman–Crippen MR) is 207 cm³/mol. The molecule has 0 saturated carbocycles. The van der Waals surface area contributed by atoms with Gasteiger partial charge in [-0.2, -0.15) is 0 Å². The summed E-state index contributed by atoms with van der Waals surface area (Å²) in [6, 6.07) is 17.0. The molecule has 0 bridgehead atoms. The predicted octanol–water partition coefficient (Wildman–Crippen LogP) is 11.0. The zero-order valence-corrected chi connectivity index (χ0v) is 31.1. The van der Waals surface area contributed by atoms with Crippen LogP contribution in [-0.2, 0) is 13.1 Å². The smallest absolute Gasteiger partial charge is 0.335 e. The molecule has 6 heteroatoms. The normalized spacial score (nSPS) is 10.7. The number of carbonyl (C=O) groups is 1. The Morgan fingerprint density at radius 2 is 0.837 bits per heavy atom. The molecule has 272 valence electrons. The number of rotatable bonds is 26. The largest absolute Gasteiger partial charge is 0.478 e. The van der Waals surface area contributed by atoms with Gasteiger partial charge in [-0.15, -0.1) is 0 Å². The number of aryl methyl sites for hydroxylation is 2. The van der Waals surface area contributed by atoms with Crippen LogP contribution in [0.1, 0.15) is 153 Å². The number of nitrogens with zero attached hydrogens (tertiary/aromatic N) is 4. The molecular formula is C43H68N4O2. The van der Waals surface area contributed by atoms with Crippen LogP contribution in [0.4, 0.5) is 0 Å². The quantitative estimate of drug-likeness (QED) is 0.0862. The van der Waals surface area contributed by atoms with Crippen molar-refractivity contribution in [2.24, 2.45) is 9.98 Å². The van der Waals surface area contributed by atoms with Crippen LogP contribution in [0.5, 0.6) is 0 Å². The zero-order chi connectivity index (χ0) is 35.0. The van der Waals surface area contributed by atoms with Crippen molar-refractivity contribution < 1.29 is 9.90 Å². The molecule has 0 spiro atoms. The summed E-state index contributed by atoms with van der Waals surface area (Å²) in [6.07, 6.45) is 35.5. The van der Waals surface area contributed by atoms with Gasteiger partial charge in [0, 0.05) is 51.0 Å². The van der Waals surface area contributed by atoms with Gasteiger partial charge in [0.15, 0.2) is 0 Å². The summed E-state index contributed by atoms with van der Waals surface area (Å²) < 4.78 is 4.63. The third-order valence-corrected chi connectivity index (χ3v) is 8.96. The van der Waals surface area contributed by atoms with Crippen LogP contribution in [0, 0.1) is 0 Å². The summed E-state index contributed by atoms with van der Waals surface area (Å²) in [6.45, 7) is 8.74. The minimum Gasteiger partial charge on any atom is -0.478 e. The Hall–Kier alpha value is -3.41. The fourth-order valence-electron chi connectivity index (χ4n) is 5.84. The first kappa shape index (κ1) is 41.8. The second-order valence-corrected chi connectivity index (χ2v) is 13.4. The van der Waals surface area contributed by atoms with Crippen molar-refractivity contribution in [3.05, 3.63) is 95.7 Å². The molecule has 0 saturated heterocycles. The van der Waals surface area contributed by atoms with Crippen LogP contribution >= 0.6 is 0 Å². The second-order valence-electron chi connectivity index (χ2n) is 13.4. The third-order valence-electron chi connectivity index (χ3n) is 8.96. The van der Waals surface area contributed by atoms with Crippen molar-refractivity contribution in [3.63, 3.8) is 0 Å². The maximum absolute atomic E-state index is 10.2. The molecule has 1 aromatic carbocycles. The fourth-order valence-corrected chi connectivity index (χ4v) is 5.84. The molecule has 0 aliphatic heterocycles. The first-order valence-corrected chi connectivity index (χ1v) is 19.7. The van der Waals surface area contributed by atoms with E-state index in [2.05, 4.69) is 72.0 Å². The van der Waals surface area contributed by atoms with Crippen molar-refractivity contribution in [2.45, 2.75) is 155 Å². The molecule has 0 radical (unpaired) electrons. The fraction of sp³-hybridized carbons (Fsp3) is 0.605. The highest BCUT2D eigenvalue weighted by atomic mass is 16.4. The number of pyridine rings is 2. The minimum absolute atomic E-state index is 0.331. The van der Waals surface area contributed by atoms with E-state index >= 15 is 0 Å². The number of hydrogen-bond acceptors (Lipinski definition) is 3. The molecule has 49 heavy (non-hydrogen) atoms. The van der Waals surface area contributed by atoms with E-state index in [4.69, 9.17) is 15.1 Å². The molecule has 0 unspecified atom stereocenters. The molecule has 0 aliphatic carbocycles. The maximum Gasteiger partial charge on any atom is 0.335 e. The Morgan fingerprint density at radius 3 is 1.18 bits per heavy atom. The molecule has 2 heterocycles. The van der Waals surface area contributed by atoms with Gasteiger partial charge in [-0.05, 0) is 62.1 Å². The Kier molecular flexibility index (Phi) is 25.1. The van der Waals surface area contributed by atoms with E-state index in [0.717, 1.165) is 36.9 Å². The minimum atomic E-state index is -0.879. The molecule has 0 atom stereocenters. The molecule has 2 aromatic heterocycles. The lowest BCUT2D eigenvalue weighted by Gasteiger charge is -2.07. The van der Waals surface area contributed by atoms with Crippen LogP contribution < -0.4 is 10.7 Å². The van der Waals surface area contributed by atoms with Crippen LogP contribution in [0.2, 0.25) is 0 Å². The summed E-state index contributed by atoms with van der Waals surface area (Å²) in [5.74, 6) is -0.879. The van der Waals surface area contributed by atoms with E-state index < -0.39 is 5.97 Å². The number of aromatic carboxylic acids is 1. The van der Waals surface area contributed by atoms with Crippen LogP contribution in [0.3, 0.4) is 0 Å². The van der Waals surface area contributed by atoms with Crippen molar-refractivity contribution >= 4 is 5.97 Å². The van der Waals surface area contributed by atoms with Gasteiger partial charge in [0.05, 0.1) is 16.3 Å². The molecule has 3 aromatic rings. The zero-order valence-electron chi connectivity index (χ0n) is 31.1. The van der Waals surface area contributed by atoms with Gasteiger partial charge >= 0.3 is 5.97 Å². The summed E-state index contributed by atoms with van der Waals surface area (Å²) in [5, 5.41) is 10.7. The van der Waals surface area contributed by atoms with Crippen molar-refractivity contribution in [3.8, 4) is 0 Å². The monoisotopic (exact) mass is 673 g/mol. The molecule has 6 nitrogen and oxygen atoms in total. The van der Waals surface area contributed by atoms with Gasteiger partial charge in [0.2, 0.25) is 0 Å². The number of aromatic nitrogens is 2. The van der Waals surface area contributed by atoms with E-state index in [1.54, 1.807) is 30.3 Å². The summed E-state index contributed by atoms with van der Waals surface area (Å²) in [5.41, 5.74) is 0.331. The second kappa shape index (κ2) is 29.5. The lowest BCUT2D eigenvalue weighted by Crippen LogP contribution is -2.06. The van der Waals surface area contributed by atoms with Crippen molar-refractivity contribution in [2.75, 3.05) is 13.1 Å². The highest BCUT2D eigenvalue weighted by Gasteiger charge is 1.97. The van der Waals surface area contributed by atoms with Gasteiger partial charge < -0.3 is 14.2 Å². The van der Waals surface area contributed by atoms with E-state index in [1.807, 2.05) is 0 Å². The van der Waals surface area contributed by atoms with E-state index in [0.29, 0.717) is 5.56 Å². The number of benzene rings is 1. The lowest BCUT2D eigenvalue weighted by atomic mass is 10.1. The number of carboxylic acids is 1. The first-order chi connectivity index (χ1) is 24.1. The van der Waals surface area contributed by atoms with E-state index in [-0.39, 0.29) is 0 Å². The van der Waals surface area contributed by atoms with Gasteiger partial charge in [0.25, 0.3) is 0 Å². The first-order valence-electron chi connectivity index (χ1n) is 19.7. The Balaban J connectivity index is 0.000000797. The summed E-state index contributed by atoms with van der Waals surface area (Å²) in [4.78, 5) is 19.7. The van der Waals surface area contributed by atoms with E-state index in [9.17, 15) is 4.79 Å².